The Morgan fingerprint density at radius 3 is 2.20 bits per heavy atom. The van der Waals surface area contributed by atoms with Crippen molar-refractivity contribution >= 4 is 63.2 Å². The number of unbranched alkanes of at least 4 members (excludes halogenated alkanes) is 2. The number of carbonyl (C=O) groups excluding carboxylic acids is 5. The van der Waals surface area contributed by atoms with Crippen molar-refractivity contribution in [2.24, 2.45) is 10.8 Å². The first-order valence-electron chi connectivity index (χ1n) is 28.4. The molecule has 3 fully saturated rings. The predicted molar refractivity (Wildman–Crippen MR) is 316 cm³/mol. The normalized spacial score (nSPS) is 17.2. The molecule has 5 N–H and O–H groups in total. The van der Waals surface area contributed by atoms with Crippen molar-refractivity contribution < 1.29 is 42.9 Å². The number of nitrogens with one attached hydrogen (secondary N) is 4. The van der Waals surface area contributed by atoms with Crippen LogP contribution in [-0.4, -0.2) is 116 Å². The Morgan fingerprint density at radius 1 is 0.855 bits per heavy atom. The number of piperidine rings is 1. The van der Waals surface area contributed by atoms with Gasteiger partial charge in [-0.15, -0.1) is 11.3 Å². The van der Waals surface area contributed by atoms with E-state index in [1.807, 2.05) is 91.6 Å². The van der Waals surface area contributed by atoms with Gasteiger partial charge in [0.05, 0.1) is 53.1 Å². The summed E-state index contributed by atoms with van der Waals surface area (Å²) >= 11 is 1.59. The number of amides is 5. The summed E-state index contributed by atoms with van der Waals surface area (Å²) in [6.45, 7) is 10.2. The predicted octanol–water partition coefficient (Wildman–Crippen LogP) is 9.83. The summed E-state index contributed by atoms with van der Waals surface area (Å²) in [6, 6.07) is 24.7. The van der Waals surface area contributed by atoms with E-state index in [0.29, 0.717) is 79.6 Å². The number of aliphatic hydroxyl groups is 1. The summed E-state index contributed by atoms with van der Waals surface area (Å²) in [7, 11) is 1.61. The molecule has 1 saturated carbocycles. The van der Waals surface area contributed by atoms with E-state index in [0.717, 1.165) is 70.3 Å². The largest absolute Gasteiger partial charge is 0.496 e. The zero-order valence-electron chi connectivity index (χ0n) is 47.5. The molecule has 3 atom stereocenters. The van der Waals surface area contributed by atoms with Crippen LogP contribution in [0.4, 0.5) is 15.8 Å². The minimum atomic E-state index is -1.19. The molecule has 5 amide bonds. The van der Waals surface area contributed by atoms with Gasteiger partial charge < -0.3 is 45.6 Å². The van der Waals surface area contributed by atoms with Gasteiger partial charge in [0.15, 0.2) is 0 Å². The van der Waals surface area contributed by atoms with Gasteiger partial charge in [0, 0.05) is 79.3 Å². The number of nitrogens with zero attached hydrogens (tertiary/aromatic N) is 6. The molecule has 5 heterocycles. The first-order valence-corrected chi connectivity index (χ1v) is 29.3. The molecule has 83 heavy (non-hydrogen) atoms. The number of β-amino-alcohol motifs (C(OH)–C–C–N with tert-alkyl or cyclic N) is 1. The third-order valence-electron chi connectivity index (χ3n) is 16.0. The Morgan fingerprint density at radius 2 is 1.55 bits per heavy atom. The van der Waals surface area contributed by atoms with Crippen LogP contribution in [0, 0.1) is 23.6 Å². The van der Waals surface area contributed by atoms with Gasteiger partial charge in [0.25, 0.3) is 0 Å². The van der Waals surface area contributed by atoms with Crippen LogP contribution in [-0.2, 0) is 30.5 Å². The van der Waals surface area contributed by atoms with E-state index in [1.165, 1.54) is 29.2 Å². The minimum Gasteiger partial charge on any atom is -0.496 e. The van der Waals surface area contributed by atoms with Crippen LogP contribution >= 0.6 is 11.3 Å². The number of ether oxygens (including phenoxy) is 2. The Labute approximate surface area is 486 Å². The van der Waals surface area contributed by atoms with Crippen LogP contribution in [0.3, 0.4) is 0 Å². The Kier molecular flexibility index (Phi) is 17.6. The van der Waals surface area contributed by atoms with E-state index in [1.54, 1.807) is 55.0 Å². The summed E-state index contributed by atoms with van der Waals surface area (Å²) in [5.41, 5.74) is 6.43. The summed E-state index contributed by atoms with van der Waals surface area (Å²) in [5.74, 6) is 0.0536. The number of aryl methyl sites for hydroxylation is 1. The highest BCUT2D eigenvalue weighted by Gasteiger charge is 2.56. The number of methoxy groups -OCH3 is 1. The highest BCUT2D eigenvalue weighted by molar-refractivity contribution is 7.13. The molecule has 18 nitrogen and oxygen atoms in total. The minimum absolute atomic E-state index is 0.0944. The molecule has 0 spiro atoms. The lowest BCUT2D eigenvalue weighted by Gasteiger charge is -2.35. The van der Waals surface area contributed by atoms with Crippen molar-refractivity contribution in [2.45, 2.75) is 116 Å². The van der Waals surface area contributed by atoms with E-state index in [-0.39, 0.29) is 36.7 Å². The van der Waals surface area contributed by atoms with Crippen LogP contribution in [0.25, 0.3) is 32.5 Å². The summed E-state index contributed by atoms with van der Waals surface area (Å²) in [6.07, 6.45) is 9.97. The van der Waals surface area contributed by atoms with Crippen molar-refractivity contribution in [3.8, 4) is 38.8 Å². The molecule has 1 aliphatic carbocycles. The maximum absolute atomic E-state index is 14.2. The van der Waals surface area contributed by atoms with Crippen molar-refractivity contribution in [3.63, 3.8) is 0 Å². The van der Waals surface area contributed by atoms with Crippen molar-refractivity contribution in [3.05, 3.63) is 132 Å². The molecule has 0 radical (unpaired) electrons. The molecule has 4 aromatic carbocycles. The molecular formula is C63H71FN10O8S. The smallest absolute Gasteiger partial charge is 0.243 e. The highest BCUT2D eigenvalue weighted by Crippen LogP contribution is 2.48. The van der Waals surface area contributed by atoms with Gasteiger partial charge in [-0.25, -0.2) is 9.37 Å². The number of fused-ring (bicyclic) bond motifs is 1. The SMILES string of the molecule is COc1cc2c(Oc3ccc(NC(=O)C4(C(=O)Nc5ccc(F)cc5)CC4)cc3)ccnc2cc1-c1cnn(C2CCN(C(=O)CCCCCN[C@H](C(=O)N3C[C@H](O)C[C@H]3C(=O)NCc3ccc(-c4scnc4C)cc3)C(C)(C)C)CC2)c1. The number of aromatic nitrogens is 4. The van der Waals surface area contributed by atoms with E-state index in [4.69, 9.17) is 14.6 Å². The van der Waals surface area contributed by atoms with Crippen molar-refractivity contribution in [1.29, 1.82) is 0 Å². The number of carbonyl (C=O) groups is 5. The summed E-state index contributed by atoms with van der Waals surface area (Å²) in [5, 5.41) is 28.2. The number of rotatable bonds is 21. The first kappa shape index (κ1) is 58.1. The molecule has 2 aliphatic heterocycles. The van der Waals surface area contributed by atoms with Crippen molar-refractivity contribution in [1.82, 2.24) is 40.2 Å². The zero-order chi connectivity index (χ0) is 58.4. The number of anilines is 2. The number of halogens is 1. The maximum atomic E-state index is 14.2. The average Bonchev–Trinajstić information content (AvgIpc) is 3.27. The molecule has 0 bridgehead atoms. The van der Waals surface area contributed by atoms with Gasteiger partial charge in [-0.3, -0.25) is 33.6 Å². The van der Waals surface area contributed by atoms with Crippen LogP contribution < -0.4 is 30.7 Å². The molecule has 3 aliphatic rings. The number of likely N-dealkylation sites (tertiary alicyclic amines) is 2. The molecule has 434 valence electrons. The van der Waals surface area contributed by atoms with Gasteiger partial charge in [0.1, 0.15) is 34.5 Å². The fraction of sp³-hybridized carbons (Fsp3) is 0.397. The van der Waals surface area contributed by atoms with Gasteiger partial charge >= 0.3 is 0 Å². The van der Waals surface area contributed by atoms with E-state index in [2.05, 4.69) is 31.2 Å². The molecule has 2 saturated heterocycles. The van der Waals surface area contributed by atoms with Crippen LogP contribution in [0.2, 0.25) is 0 Å². The van der Waals surface area contributed by atoms with Crippen molar-refractivity contribution in [2.75, 3.05) is 43.9 Å². The zero-order valence-corrected chi connectivity index (χ0v) is 48.3. The van der Waals surface area contributed by atoms with Gasteiger partial charge in [-0.1, -0.05) is 51.5 Å². The molecule has 20 heteroatoms. The Hall–Kier alpha value is -8.07. The second kappa shape index (κ2) is 25.2. The molecule has 3 aromatic heterocycles. The maximum Gasteiger partial charge on any atom is 0.243 e. The number of aliphatic hydroxyl groups excluding tert-OH is 1. The first-order chi connectivity index (χ1) is 40.0. The lowest BCUT2D eigenvalue weighted by molar-refractivity contribution is -0.142. The monoisotopic (exact) mass is 1150 g/mol. The standard InChI is InChI=1S/C63H71FN10O8S/c1-39-56(83-38-68-39)41-12-10-40(11-13-41)34-67-58(77)52-31-47(75)37-73(52)59(78)57(62(2,3)4)66-27-8-6-7-9-55(76)72-29-23-46(24-30-72)74-36-42(35-69-74)49-32-51-50(33-54(49)81-5)53(22-28-65-51)82-48-20-18-45(19-21-48)71-61(80)63(25-26-63)60(79)70-44-16-14-43(64)15-17-44/h10-22,28,32-33,35-36,38,46-47,52,57,66,75H,6-9,23-27,29-31,34,37H2,1-5H3,(H,67,77)(H,70,79)(H,71,80)/t47-,52+,57-/m1/s1. The van der Waals surface area contributed by atoms with E-state index >= 15 is 0 Å². The number of thiazole rings is 1. The fourth-order valence-corrected chi connectivity index (χ4v) is 11.8. The molecule has 0 unspecified atom stereocenters. The molecular weight excluding hydrogens is 1080 g/mol. The number of hydrogen-bond acceptors (Lipinski definition) is 13. The second-order valence-corrected chi connectivity index (χ2v) is 23.8. The number of hydrogen-bond donors (Lipinski definition) is 5. The Bertz CT molecular complexity index is 3460. The van der Waals surface area contributed by atoms with Gasteiger partial charge in [-0.2, -0.15) is 5.10 Å². The lowest BCUT2D eigenvalue weighted by atomic mass is 9.85. The average molecular weight is 1150 g/mol. The van der Waals surface area contributed by atoms with E-state index < -0.39 is 46.6 Å². The summed E-state index contributed by atoms with van der Waals surface area (Å²) < 4.78 is 27.6. The highest BCUT2D eigenvalue weighted by atomic mass is 32.1. The quantitative estimate of drug-likeness (QED) is 0.0335. The fourth-order valence-electron chi connectivity index (χ4n) is 11.0. The lowest BCUT2D eigenvalue weighted by Crippen LogP contribution is -2.56. The Balaban J connectivity index is 0.661. The van der Waals surface area contributed by atoms with Crippen LogP contribution in [0.1, 0.15) is 95.9 Å². The third-order valence-corrected chi connectivity index (χ3v) is 17.0. The van der Waals surface area contributed by atoms with Gasteiger partial charge in [0.2, 0.25) is 29.5 Å². The number of benzene rings is 4. The van der Waals surface area contributed by atoms with Crippen LogP contribution in [0.15, 0.2) is 115 Å². The second-order valence-electron chi connectivity index (χ2n) is 23.0. The topological polar surface area (TPSA) is 222 Å². The summed E-state index contributed by atoms with van der Waals surface area (Å²) in [4.78, 5) is 81.0. The third kappa shape index (κ3) is 13.6. The molecule has 10 rings (SSSR count). The number of pyridine rings is 1. The van der Waals surface area contributed by atoms with Crippen LogP contribution in [0.5, 0.6) is 17.2 Å². The molecule has 7 aromatic rings. The van der Waals surface area contributed by atoms with E-state index in [9.17, 15) is 33.5 Å². The van der Waals surface area contributed by atoms with Gasteiger partial charge in [-0.05, 0) is 135 Å².